The molecular weight excluding hydrogens is 168 g/mol. The van der Waals surface area contributed by atoms with Crippen molar-refractivity contribution < 1.29 is 0 Å². The predicted molar refractivity (Wildman–Crippen MR) is 56.6 cm³/mol. The number of hydrogen-bond donors (Lipinski definition) is 1. The third kappa shape index (κ3) is 3.78. The zero-order valence-corrected chi connectivity index (χ0v) is 8.78. The van der Waals surface area contributed by atoms with Crippen molar-refractivity contribution in [1.82, 2.24) is 4.90 Å². The second kappa shape index (κ2) is 5.84. The van der Waals surface area contributed by atoms with Crippen molar-refractivity contribution in [3.63, 3.8) is 0 Å². The summed E-state index contributed by atoms with van der Waals surface area (Å²) < 4.78 is 0. The molecule has 1 aliphatic rings. The quantitative estimate of drug-likeness (QED) is 0.721. The Balaban J connectivity index is 2.21. The summed E-state index contributed by atoms with van der Waals surface area (Å²) in [5.41, 5.74) is 5.95. The molecule has 0 aliphatic carbocycles. The van der Waals surface area contributed by atoms with E-state index in [0.717, 1.165) is 6.54 Å². The van der Waals surface area contributed by atoms with Crippen molar-refractivity contribution in [3.05, 3.63) is 0 Å². The SMILES string of the molecule is CSCCN1CCCCC(N)C1. The third-order valence-electron chi connectivity index (χ3n) is 2.40. The van der Waals surface area contributed by atoms with Crippen molar-refractivity contribution in [2.24, 2.45) is 5.73 Å². The molecule has 1 atom stereocenters. The van der Waals surface area contributed by atoms with Gasteiger partial charge in [0.05, 0.1) is 0 Å². The molecule has 12 heavy (non-hydrogen) atoms. The lowest BCUT2D eigenvalue weighted by Gasteiger charge is -2.21. The number of thioether (sulfide) groups is 1. The van der Waals surface area contributed by atoms with Gasteiger partial charge in [-0.15, -0.1) is 0 Å². The summed E-state index contributed by atoms with van der Waals surface area (Å²) in [6, 6.07) is 0.425. The molecule has 1 unspecified atom stereocenters. The molecule has 72 valence electrons. The van der Waals surface area contributed by atoms with Gasteiger partial charge in [0, 0.05) is 24.9 Å². The minimum absolute atomic E-state index is 0.425. The molecule has 1 aliphatic heterocycles. The lowest BCUT2D eigenvalue weighted by atomic mass is 10.2. The summed E-state index contributed by atoms with van der Waals surface area (Å²) in [5.74, 6) is 1.24. The van der Waals surface area contributed by atoms with Crippen LogP contribution in [-0.4, -0.2) is 42.6 Å². The monoisotopic (exact) mass is 188 g/mol. The van der Waals surface area contributed by atoms with Gasteiger partial charge >= 0.3 is 0 Å². The first kappa shape index (κ1) is 10.4. The van der Waals surface area contributed by atoms with Crippen molar-refractivity contribution in [2.45, 2.75) is 25.3 Å². The molecule has 0 amide bonds. The van der Waals surface area contributed by atoms with Crippen LogP contribution in [0.25, 0.3) is 0 Å². The summed E-state index contributed by atoms with van der Waals surface area (Å²) in [5, 5.41) is 0. The molecule has 0 aromatic rings. The minimum Gasteiger partial charge on any atom is -0.327 e. The molecule has 1 saturated heterocycles. The van der Waals surface area contributed by atoms with Crippen molar-refractivity contribution in [2.75, 3.05) is 31.6 Å². The van der Waals surface area contributed by atoms with Crippen LogP contribution >= 0.6 is 11.8 Å². The Kier molecular flexibility index (Phi) is 5.04. The maximum absolute atomic E-state index is 5.95. The summed E-state index contributed by atoms with van der Waals surface area (Å²) in [4.78, 5) is 2.51. The Bertz CT molecular complexity index is 119. The van der Waals surface area contributed by atoms with Gasteiger partial charge in [-0.1, -0.05) is 6.42 Å². The molecule has 2 nitrogen and oxygen atoms in total. The molecule has 0 aromatic carbocycles. The van der Waals surface area contributed by atoms with E-state index < -0.39 is 0 Å². The van der Waals surface area contributed by atoms with Gasteiger partial charge in [-0.2, -0.15) is 11.8 Å². The molecule has 0 spiro atoms. The highest BCUT2D eigenvalue weighted by Gasteiger charge is 2.13. The number of hydrogen-bond acceptors (Lipinski definition) is 3. The molecule has 3 heteroatoms. The molecule has 1 heterocycles. The van der Waals surface area contributed by atoms with Crippen molar-refractivity contribution in [1.29, 1.82) is 0 Å². The van der Waals surface area contributed by atoms with Crippen LogP contribution in [0.1, 0.15) is 19.3 Å². The summed E-state index contributed by atoms with van der Waals surface area (Å²) in [6.45, 7) is 3.59. The van der Waals surface area contributed by atoms with Gasteiger partial charge in [0.15, 0.2) is 0 Å². The molecule has 1 fully saturated rings. The van der Waals surface area contributed by atoms with Crippen molar-refractivity contribution in [3.8, 4) is 0 Å². The fourth-order valence-corrected chi connectivity index (χ4v) is 2.12. The molecule has 1 rings (SSSR count). The van der Waals surface area contributed by atoms with E-state index in [1.54, 1.807) is 0 Å². The lowest BCUT2D eigenvalue weighted by Crippen LogP contribution is -2.36. The average Bonchev–Trinajstić information content (AvgIpc) is 2.26. The van der Waals surface area contributed by atoms with Gasteiger partial charge < -0.3 is 10.6 Å². The topological polar surface area (TPSA) is 29.3 Å². The van der Waals surface area contributed by atoms with Crippen LogP contribution in [0.2, 0.25) is 0 Å². The Morgan fingerprint density at radius 1 is 1.50 bits per heavy atom. The van der Waals surface area contributed by atoms with E-state index in [-0.39, 0.29) is 0 Å². The molecule has 0 saturated carbocycles. The second-order valence-electron chi connectivity index (χ2n) is 3.55. The van der Waals surface area contributed by atoms with Crippen LogP contribution in [0.15, 0.2) is 0 Å². The van der Waals surface area contributed by atoms with Crippen LogP contribution in [0.4, 0.5) is 0 Å². The van der Waals surface area contributed by atoms with E-state index in [0.29, 0.717) is 6.04 Å². The van der Waals surface area contributed by atoms with Crippen LogP contribution in [0.5, 0.6) is 0 Å². The van der Waals surface area contributed by atoms with Gasteiger partial charge in [-0.05, 0) is 25.6 Å². The first-order valence-corrected chi connectivity index (χ1v) is 6.19. The predicted octanol–water partition coefficient (Wildman–Crippen LogP) is 1.16. The summed E-state index contributed by atoms with van der Waals surface area (Å²) >= 11 is 1.92. The standard InChI is InChI=1S/C9H20N2S/c1-12-7-6-11-5-3-2-4-9(10)8-11/h9H,2-8,10H2,1H3. The average molecular weight is 188 g/mol. The Morgan fingerprint density at radius 2 is 2.33 bits per heavy atom. The number of nitrogens with two attached hydrogens (primary N) is 1. The third-order valence-corrected chi connectivity index (χ3v) is 2.99. The van der Waals surface area contributed by atoms with Crippen LogP contribution in [0, 0.1) is 0 Å². The van der Waals surface area contributed by atoms with Gasteiger partial charge in [0.25, 0.3) is 0 Å². The maximum Gasteiger partial charge on any atom is 0.0167 e. The molecule has 0 aromatic heterocycles. The second-order valence-corrected chi connectivity index (χ2v) is 4.53. The molecular formula is C9H20N2S. The highest BCUT2D eigenvalue weighted by molar-refractivity contribution is 7.98. The molecule has 0 bridgehead atoms. The van der Waals surface area contributed by atoms with Gasteiger partial charge in [-0.25, -0.2) is 0 Å². The van der Waals surface area contributed by atoms with Gasteiger partial charge in [-0.3, -0.25) is 0 Å². The Hall–Kier alpha value is 0.270. The van der Waals surface area contributed by atoms with E-state index in [9.17, 15) is 0 Å². The Morgan fingerprint density at radius 3 is 3.08 bits per heavy atom. The zero-order chi connectivity index (χ0) is 8.81. The normalized spacial score (nSPS) is 27.0. The number of rotatable bonds is 3. The van der Waals surface area contributed by atoms with E-state index >= 15 is 0 Å². The fourth-order valence-electron chi connectivity index (χ4n) is 1.68. The smallest absolute Gasteiger partial charge is 0.0167 e. The summed E-state index contributed by atoms with van der Waals surface area (Å²) in [7, 11) is 0. The van der Waals surface area contributed by atoms with E-state index in [1.165, 1.54) is 38.1 Å². The largest absolute Gasteiger partial charge is 0.327 e. The summed E-state index contributed by atoms with van der Waals surface area (Å²) in [6.07, 6.45) is 6.03. The lowest BCUT2D eigenvalue weighted by molar-refractivity contribution is 0.290. The first-order valence-electron chi connectivity index (χ1n) is 4.80. The Labute approximate surface area is 79.9 Å². The van der Waals surface area contributed by atoms with E-state index in [4.69, 9.17) is 5.73 Å². The number of nitrogens with zero attached hydrogens (tertiary/aromatic N) is 1. The first-order chi connectivity index (χ1) is 5.83. The van der Waals surface area contributed by atoms with E-state index in [1.807, 2.05) is 11.8 Å². The molecule has 2 N–H and O–H groups in total. The highest BCUT2D eigenvalue weighted by Crippen LogP contribution is 2.09. The highest BCUT2D eigenvalue weighted by atomic mass is 32.2. The minimum atomic E-state index is 0.425. The van der Waals surface area contributed by atoms with E-state index in [2.05, 4.69) is 11.2 Å². The van der Waals surface area contributed by atoms with Crippen molar-refractivity contribution >= 4 is 11.8 Å². The van der Waals surface area contributed by atoms with Gasteiger partial charge in [0.2, 0.25) is 0 Å². The fraction of sp³-hybridized carbons (Fsp3) is 1.00. The van der Waals surface area contributed by atoms with Crippen LogP contribution in [-0.2, 0) is 0 Å². The number of likely N-dealkylation sites (tertiary alicyclic amines) is 1. The maximum atomic E-state index is 5.95. The zero-order valence-electron chi connectivity index (χ0n) is 7.96. The van der Waals surface area contributed by atoms with Crippen LogP contribution < -0.4 is 5.73 Å². The van der Waals surface area contributed by atoms with Gasteiger partial charge in [0.1, 0.15) is 0 Å². The van der Waals surface area contributed by atoms with Crippen LogP contribution in [0.3, 0.4) is 0 Å². The molecule has 0 radical (unpaired) electrons.